The molecule has 2 aromatic rings. The molecule has 0 radical (unpaired) electrons. The molecule has 2 aromatic carbocycles. The second kappa shape index (κ2) is 10.9. The Hall–Kier alpha value is -2.04. The van der Waals surface area contributed by atoms with E-state index in [1.54, 1.807) is 12.1 Å². The molecule has 4 nitrogen and oxygen atoms in total. The van der Waals surface area contributed by atoms with Crippen LogP contribution in [0.4, 0.5) is 0 Å². The van der Waals surface area contributed by atoms with Crippen LogP contribution in [0.1, 0.15) is 80.1 Å². The molecule has 0 aromatic heterocycles. The fourth-order valence-electron chi connectivity index (χ4n) is 5.94. The van der Waals surface area contributed by atoms with Gasteiger partial charge >= 0.3 is 5.97 Å². The van der Waals surface area contributed by atoms with Crippen molar-refractivity contribution in [2.24, 2.45) is 5.92 Å². The lowest BCUT2D eigenvalue weighted by Gasteiger charge is -2.31. The molecule has 0 N–H and O–H groups in total. The molecule has 3 aliphatic rings. The number of amides is 1. The predicted molar refractivity (Wildman–Crippen MR) is 140 cm³/mol. The molecule has 1 unspecified atom stereocenters. The van der Waals surface area contributed by atoms with E-state index in [1.165, 1.54) is 19.3 Å². The molecule has 186 valence electrons. The number of ether oxygens (including phenoxy) is 1. The van der Waals surface area contributed by atoms with Crippen molar-refractivity contribution < 1.29 is 14.3 Å². The summed E-state index contributed by atoms with van der Waals surface area (Å²) in [6.07, 6.45) is 11.6. The van der Waals surface area contributed by atoms with Gasteiger partial charge in [0.05, 0.1) is 5.56 Å². The Bertz CT molecular complexity index is 1050. The number of carbonyl (C=O) groups excluding carboxylic acids is 2. The molecule has 1 amide bonds. The van der Waals surface area contributed by atoms with Crippen molar-refractivity contribution in [3.05, 3.63) is 57.6 Å². The van der Waals surface area contributed by atoms with E-state index in [4.69, 9.17) is 27.9 Å². The van der Waals surface area contributed by atoms with Crippen LogP contribution in [-0.4, -0.2) is 35.5 Å². The number of rotatable bonds is 6. The molecule has 0 bridgehead atoms. The molecule has 6 heteroatoms. The lowest BCUT2D eigenvalue weighted by molar-refractivity contribution is -0.133. The summed E-state index contributed by atoms with van der Waals surface area (Å²) < 4.78 is 5.60. The van der Waals surface area contributed by atoms with Crippen LogP contribution in [0, 0.1) is 5.92 Å². The Morgan fingerprint density at radius 3 is 2.14 bits per heavy atom. The monoisotopic (exact) mass is 513 g/mol. The first-order chi connectivity index (χ1) is 17.0. The van der Waals surface area contributed by atoms with Crippen molar-refractivity contribution in [2.75, 3.05) is 6.54 Å². The van der Waals surface area contributed by atoms with E-state index in [-0.39, 0.29) is 23.9 Å². The SMILES string of the molecule is O=C(OC1CCCC1)c1ccc(-c2cc(Cl)c(CC3CCN(C4CCCCC4)C3=O)c(Cl)c2)cc1. The van der Waals surface area contributed by atoms with Gasteiger partial charge in [-0.3, -0.25) is 4.79 Å². The third kappa shape index (κ3) is 5.54. The molecule has 2 saturated carbocycles. The van der Waals surface area contributed by atoms with Gasteiger partial charge in [0.1, 0.15) is 6.10 Å². The van der Waals surface area contributed by atoms with Gasteiger partial charge in [0.2, 0.25) is 5.91 Å². The van der Waals surface area contributed by atoms with Gasteiger partial charge in [0.25, 0.3) is 0 Å². The van der Waals surface area contributed by atoms with Crippen LogP contribution in [0.3, 0.4) is 0 Å². The lowest BCUT2D eigenvalue weighted by atomic mass is 9.93. The van der Waals surface area contributed by atoms with E-state index >= 15 is 0 Å². The van der Waals surface area contributed by atoms with E-state index in [0.717, 1.165) is 68.2 Å². The molecule has 35 heavy (non-hydrogen) atoms. The van der Waals surface area contributed by atoms with Crippen LogP contribution >= 0.6 is 23.2 Å². The van der Waals surface area contributed by atoms with Gasteiger partial charge < -0.3 is 9.64 Å². The van der Waals surface area contributed by atoms with Crippen LogP contribution < -0.4 is 0 Å². The lowest BCUT2D eigenvalue weighted by Crippen LogP contribution is -2.39. The summed E-state index contributed by atoms with van der Waals surface area (Å²) in [5.74, 6) is -0.0607. The zero-order valence-electron chi connectivity index (χ0n) is 20.1. The minimum Gasteiger partial charge on any atom is -0.459 e. The fraction of sp³-hybridized carbons (Fsp3) is 0.517. The summed E-state index contributed by atoms with van der Waals surface area (Å²) in [5.41, 5.74) is 3.22. The summed E-state index contributed by atoms with van der Waals surface area (Å²) in [5, 5.41) is 1.17. The number of esters is 1. The van der Waals surface area contributed by atoms with E-state index in [2.05, 4.69) is 4.90 Å². The quantitative estimate of drug-likeness (QED) is 0.376. The van der Waals surface area contributed by atoms with Gasteiger partial charge in [-0.15, -0.1) is 0 Å². The fourth-order valence-corrected chi connectivity index (χ4v) is 6.58. The molecular formula is C29H33Cl2NO3. The summed E-state index contributed by atoms with van der Waals surface area (Å²) >= 11 is 13.4. The first kappa shape index (κ1) is 24.6. The van der Waals surface area contributed by atoms with E-state index in [1.807, 2.05) is 24.3 Å². The molecular weight excluding hydrogens is 481 g/mol. The Labute approximate surface area is 217 Å². The summed E-state index contributed by atoms with van der Waals surface area (Å²) in [7, 11) is 0. The maximum atomic E-state index is 13.1. The predicted octanol–water partition coefficient (Wildman–Crippen LogP) is 7.48. The average molecular weight is 514 g/mol. The molecule has 0 spiro atoms. The van der Waals surface area contributed by atoms with Crippen molar-refractivity contribution in [3.63, 3.8) is 0 Å². The van der Waals surface area contributed by atoms with E-state index < -0.39 is 0 Å². The van der Waals surface area contributed by atoms with Crippen LogP contribution in [0.5, 0.6) is 0 Å². The van der Waals surface area contributed by atoms with Crippen molar-refractivity contribution >= 4 is 35.1 Å². The zero-order chi connectivity index (χ0) is 24.4. The van der Waals surface area contributed by atoms with E-state index in [9.17, 15) is 9.59 Å². The number of nitrogens with zero attached hydrogens (tertiary/aromatic N) is 1. The largest absolute Gasteiger partial charge is 0.459 e. The van der Waals surface area contributed by atoms with Gasteiger partial charge in [0.15, 0.2) is 0 Å². The van der Waals surface area contributed by atoms with Gasteiger partial charge in [0, 0.05) is 28.5 Å². The second-order valence-corrected chi connectivity index (χ2v) is 11.1. The number of likely N-dealkylation sites (tertiary alicyclic amines) is 1. The molecule has 3 fully saturated rings. The molecule has 1 atom stereocenters. The first-order valence-corrected chi connectivity index (χ1v) is 13.8. The molecule has 1 saturated heterocycles. The minimum absolute atomic E-state index is 0.0498. The number of hydrogen-bond acceptors (Lipinski definition) is 3. The van der Waals surface area contributed by atoms with Crippen LogP contribution in [0.2, 0.25) is 10.0 Å². The molecule has 5 rings (SSSR count). The van der Waals surface area contributed by atoms with E-state index in [0.29, 0.717) is 28.1 Å². The first-order valence-electron chi connectivity index (χ1n) is 13.1. The van der Waals surface area contributed by atoms with Gasteiger partial charge in [-0.1, -0.05) is 54.6 Å². The highest BCUT2D eigenvalue weighted by Crippen LogP contribution is 2.36. The Morgan fingerprint density at radius 2 is 1.49 bits per heavy atom. The molecule has 1 heterocycles. The number of halogens is 2. The third-order valence-electron chi connectivity index (χ3n) is 7.99. The summed E-state index contributed by atoms with van der Waals surface area (Å²) in [4.78, 5) is 27.6. The number of hydrogen-bond donors (Lipinski definition) is 0. The highest BCUT2D eigenvalue weighted by atomic mass is 35.5. The Balaban J connectivity index is 1.25. The van der Waals surface area contributed by atoms with Gasteiger partial charge in [-0.2, -0.15) is 0 Å². The highest BCUT2D eigenvalue weighted by Gasteiger charge is 2.36. The maximum Gasteiger partial charge on any atom is 0.338 e. The van der Waals surface area contributed by atoms with Gasteiger partial charge in [-0.05, 0) is 92.3 Å². The standard InChI is InChI=1S/C29H33Cl2NO3/c30-26-17-22(19-10-12-20(13-11-19)29(34)35-24-8-4-5-9-24)18-27(31)25(26)16-21-14-15-32(28(21)33)23-6-2-1-3-7-23/h10-13,17-18,21,23-24H,1-9,14-16H2. The molecule has 1 aliphatic heterocycles. The second-order valence-electron chi connectivity index (χ2n) is 10.3. The van der Waals surface area contributed by atoms with Crippen LogP contribution in [0.25, 0.3) is 11.1 Å². The van der Waals surface area contributed by atoms with Crippen LogP contribution in [0.15, 0.2) is 36.4 Å². The number of carbonyl (C=O) groups is 2. The maximum absolute atomic E-state index is 13.1. The smallest absolute Gasteiger partial charge is 0.338 e. The minimum atomic E-state index is -0.265. The van der Waals surface area contributed by atoms with Crippen LogP contribution in [-0.2, 0) is 16.0 Å². The average Bonchev–Trinajstić information content (AvgIpc) is 3.51. The van der Waals surface area contributed by atoms with Crippen molar-refractivity contribution in [1.29, 1.82) is 0 Å². The Kier molecular flexibility index (Phi) is 7.69. The highest BCUT2D eigenvalue weighted by molar-refractivity contribution is 6.36. The van der Waals surface area contributed by atoms with Crippen molar-refractivity contribution in [3.8, 4) is 11.1 Å². The van der Waals surface area contributed by atoms with Crippen molar-refractivity contribution in [2.45, 2.75) is 82.8 Å². The summed E-state index contributed by atoms with van der Waals surface area (Å²) in [6, 6.07) is 11.6. The normalized spacial score (nSPS) is 21.6. The zero-order valence-corrected chi connectivity index (χ0v) is 21.6. The van der Waals surface area contributed by atoms with Crippen molar-refractivity contribution in [1.82, 2.24) is 4.90 Å². The topological polar surface area (TPSA) is 46.6 Å². The Morgan fingerprint density at radius 1 is 0.857 bits per heavy atom. The third-order valence-corrected chi connectivity index (χ3v) is 8.66. The number of benzene rings is 2. The molecule has 2 aliphatic carbocycles. The summed E-state index contributed by atoms with van der Waals surface area (Å²) in [6.45, 7) is 0.844. The van der Waals surface area contributed by atoms with Gasteiger partial charge in [-0.25, -0.2) is 4.79 Å².